The second-order valence-corrected chi connectivity index (χ2v) is 5.10. The van der Waals surface area contributed by atoms with Crippen molar-refractivity contribution in [1.29, 1.82) is 0 Å². The maximum Gasteiger partial charge on any atom is 0.228 e. The van der Waals surface area contributed by atoms with Gasteiger partial charge in [0.2, 0.25) is 5.91 Å². The number of nitrogen functional groups attached to an aromatic ring is 1. The minimum Gasteiger partial charge on any atom is -0.375 e. The first-order valence-electron chi connectivity index (χ1n) is 5.82. The summed E-state index contributed by atoms with van der Waals surface area (Å²) in [4.78, 5) is 20.2. The van der Waals surface area contributed by atoms with E-state index in [4.69, 9.17) is 12.2 Å². The zero-order valence-corrected chi connectivity index (χ0v) is 10.9. The van der Waals surface area contributed by atoms with Gasteiger partial charge in [0, 0.05) is 31.6 Å². The fourth-order valence-corrected chi connectivity index (χ4v) is 2.52. The van der Waals surface area contributed by atoms with Crippen molar-refractivity contribution in [2.24, 2.45) is 0 Å². The molecule has 2 heterocycles. The number of anilines is 1. The molecule has 0 bridgehead atoms. The van der Waals surface area contributed by atoms with E-state index < -0.39 is 0 Å². The molecule has 0 saturated carbocycles. The van der Waals surface area contributed by atoms with Crippen LogP contribution in [0.25, 0.3) is 0 Å². The van der Waals surface area contributed by atoms with Crippen LogP contribution >= 0.6 is 11.3 Å². The van der Waals surface area contributed by atoms with Crippen molar-refractivity contribution in [3.8, 4) is 12.3 Å². The van der Waals surface area contributed by atoms with Gasteiger partial charge in [-0.15, -0.1) is 17.8 Å². The predicted molar refractivity (Wildman–Crippen MR) is 72.1 cm³/mol. The molecule has 0 unspecified atom stereocenters. The quantitative estimate of drug-likeness (QED) is 0.783. The van der Waals surface area contributed by atoms with E-state index in [2.05, 4.69) is 15.8 Å². The van der Waals surface area contributed by atoms with Crippen LogP contribution in [0.1, 0.15) is 5.69 Å². The molecule has 1 aliphatic heterocycles. The number of nitrogens with zero attached hydrogens (tertiary/aromatic N) is 3. The molecule has 0 spiro atoms. The number of hydrogen-bond acceptors (Lipinski definition) is 5. The maximum atomic E-state index is 12.0. The van der Waals surface area contributed by atoms with Crippen molar-refractivity contribution in [2.75, 3.05) is 38.5 Å². The number of rotatable bonds is 3. The van der Waals surface area contributed by atoms with Gasteiger partial charge in [0.05, 0.1) is 18.7 Å². The molecule has 96 valence electrons. The summed E-state index contributed by atoms with van der Waals surface area (Å²) < 4.78 is 0. The standard InChI is InChI=1S/C12H16N4OS/c1-2-3-15-4-6-16(7-5-15)11(17)8-10-9-18-12(13)14-10/h1,9H,3-8H2,(H2,13,14). The summed E-state index contributed by atoms with van der Waals surface area (Å²) in [6.07, 6.45) is 5.60. The highest BCUT2D eigenvalue weighted by Gasteiger charge is 2.21. The zero-order valence-electron chi connectivity index (χ0n) is 10.1. The van der Waals surface area contributed by atoms with Gasteiger partial charge >= 0.3 is 0 Å². The number of aromatic nitrogens is 1. The monoisotopic (exact) mass is 264 g/mol. The first-order valence-corrected chi connectivity index (χ1v) is 6.70. The molecule has 18 heavy (non-hydrogen) atoms. The third kappa shape index (κ3) is 3.22. The van der Waals surface area contributed by atoms with Crippen LogP contribution < -0.4 is 5.73 Å². The Balaban J connectivity index is 1.83. The number of nitrogens with two attached hydrogens (primary N) is 1. The summed E-state index contributed by atoms with van der Waals surface area (Å²) in [5.41, 5.74) is 6.30. The van der Waals surface area contributed by atoms with Gasteiger partial charge in [-0.05, 0) is 0 Å². The molecule has 0 aliphatic carbocycles. The van der Waals surface area contributed by atoms with Crippen LogP contribution in [0.3, 0.4) is 0 Å². The second-order valence-electron chi connectivity index (χ2n) is 4.21. The molecule has 1 saturated heterocycles. The molecule has 1 aromatic rings. The van der Waals surface area contributed by atoms with E-state index in [1.54, 1.807) is 0 Å². The van der Waals surface area contributed by atoms with E-state index in [1.165, 1.54) is 11.3 Å². The molecule has 0 atom stereocenters. The Bertz CT molecular complexity index is 457. The Morgan fingerprint density at radius 3 is 2.78 bits per heavy atom. The van der Waals surface area contributed by atoms with Gasteiger partial charge < -0.3 is 10.6 Å². The molecule has 1 fully saturated rings. The van der Waals surface area contributed by atoms with Crippen LogP contribution in [0.5, 0.6) is 0 Å². The fraction of sp³-hybridized carbons (Fsp3) is 0.500. The number of carbonyl (C=O) groups is 1. The van der Waals surface area contributed by atoms with Crippen LogP contribution in [0, 0.1) is 12.3 Å². The fourth-order valence-electron chi connectivity index (χ4n) is 1.96. The van der Waals surface area contributed by atoms with Gasteiger partial charge in [-0.1, -0.05) is 5.92 Å². The number of hydrogen-bond donors (Lipinski definition) is 1. The lowest BCUT2D eigenvalue weighted by molar-refractivity contribution is -0.132. The first kappa shape index (κ1) is 12.9. The normalized spacial score (nSPS) is 16.5. The van der Waals surface area contributed by atoms with E-state index >= 15 is 0 Å². The molecule has 0 radical (unpaired) electrons. The van der Waals surface area contributed by atoms with Gasteiger partial charge in [0.25, 0.3) is 0 Å². The Morgan fingerprint density at radius 2 is 2.22 bits per heavy atom. The van der Waals surface area contributed by atoms with E-state index in [0.717, 1.165) is 31.9 Å². The average Bonchev–Trinajstić information content (AvgIpc) is 2.76. The van der Waals surface area contributed by atoms with Crippen molar-refractivity contribution >= 4 is 22.4 Å². The lowest BCUT2D eigenvalue weighted by Gasteiger charge is -2.33. The topological polar surface area (TPSA) is 62.5 Å². The summed E-state index contributed by atoms with van der Waals surface area (Å²) in [5, 5.41) is 2.35. The van der Waals surface area contributed by atoms with Crippen LogP contribution in [-0.4, -0.2) is 53.4 Å². The lowest BCUT2D eigenvalue weighted by atomic mass is 10.2. The van der Waals surface area contributed by atoms with Crippen molar-refractivity contribution in [2.45, 2.75) is 6.42 Å². The molecule has 6 heteroatoms. The van der Waals surface area contributed by atoms with E-state index in [0.29, 0.717) is 18.1 Å². The van der Waals surface area contributed by atoms with Crippen molar-refractivity contribution < 1.29 is 4.79 Å². The molecular formula is C12H16N4OS. The molecule has 5 nitrogen and oxygen atoms in total. The van der Waals surface area contributed by atoms with Gasteiger partial charge in [-0.3, -0.25) is 9.69 Å². The summed E-state index contributed by atoms with van der Waals surface area (Å²) in [5.74, 6) is 2.74. The molecule has 0 aromatic carbocycles. The molecule has 1 amide bonds. The Morgan fingerprint density at radius 1 is 1.50 bits per heavy atom. The second kappa shape index (κ2) is 5.85. The largest absolute Gasteiger partial charge is 0.375 e. The first-order chi connectivity index (χ1) is 8.69. The zero-order chi connectivity index (χ0) is 13.0. The Labute approximate surface area is 111 Å². The van der Waals surface area contributed by atoms with E-state index in [-0.39, 0.29) is 5.91 Å². The van der Waals surface area contributed by atoms with Gasteiger partial charge in [-0.2, -0.15) is 0 Å². The smallest absolute Gasteiger partial charge is 0.228 e. The highest BCUT2D eigenvalue weighted by molar-refractivity contribution is 7.13. The van der Waals surface area contributed by atoms with Crippen LogP contribution in [0.2, 0.25) is 0 Å². The predicted octanol–water partition coefficient (Wildman–Crippen LogP) is 0.0452. The lowest BCUT2D eigenvalue weighted by Crippen LogP contribution is -2.49. The number of carbonyl (C=O) groups excluding carboxylic acids is 1. The minimum atomic E-state index is 0.112. The minimum absolute atomic E-state index is 0.112. The van der Waals surface area contributed by atoms with Crippen LogP contribution in [-0.2, 0) is 11.2 Å². The van der Waals surface area contributed by atoms with Crippen molar-refractivity contribution in [3.63, 3.8) is 0 Å². The van der Waals surface area contributed by atoms with Crippen LogP contribution in [0.4, 0.5) is 5.13 Å². The average molecular weight is 264 g/mol. The Kier molecular flexibility index (Phi) is 4.18. The molecule has 2 rings (SSSR count). The van der Waals surface area contributed by atoms with Crippen molar-refractivity contribution in [3.05, 3.63) is 11.1 Å². The summed E-state index contributed by atoms with van der Waals surface area (Å²) in [7, 11) is 0. The highest BCUT2D eigenvalue weighted by Crippen LogP contribution is 2.13. The Hall–Kier alpha value is -1.58. The van der Waals surface area contributed by atoms with Gasteiger partial charge in [0.15, 0.2) is 5.13 Å². The summed E-state index contributed by atoms with van der Waals surface area (Å²) in [6, 6.07) is 0. The SMILES string of the molecule is C#CCN1CCN(C(=O)Cc2csc(N)n2)CC1. The van der Waals surface area contributed by atoms with E-state index in [1.807, 2.05) is 10.3 Å². The molecule has 1 aromatic heterocycles. The van der Waals surface area contributed by atoms with E-state index in [9.17, 15) is 4.79 Å². The number of thiazole rings is 1. The maximum absolute atomic E-state index is 12.0. The molecular weight excluding hydrogens is 248 g/mol. The summed E-state index contributed by atoms with van der Waals surface area (Å²) >= 11 is 1.37. The van der Waals surface area contributed by atoms with Crippen LogP contribution in [0.15, 0.2) is 5.38 Å². The third-order valence-corrected chi connectivity index (χ3v) is 3.66. The number of terminal acetylenes is 1. The highest BCUT2D eigenvalue weighted by atomic mass is 32.1. The number of piperazine rings is 1. The van der Waals surface area contributed by atoms with Gasteiger partial charge in [-0.25, -0.2) is 4.98 Å². The van der Waals surface area contributed by atoms with Gasteiger partial charge in [0.1, 0.15) is 0 Å². The molecule has 1 aliphatic rings. The molecule has 2 N–H and O–H groups in total. The third-order valence-electron chi connectivity index (χ3n) is 2.94. The summed E-state index contributed by atoms with van der Waals surface area (Å²) in [6.45, 7) is 3.81. The van der Waals surface area contributed by atoms with Crippen molar-refractivity contribution in [1.82, 2.24) is 14.8 Å². The number of amides is 1.